The number of carbonyl (C=O) groups excluding carboxylic acids is 1. The molecule has 220 valence electrons. The lowest BCUT2D eigenvalue weighted by molar-refractivity contribution is -0.133. The van der Waals surface area contributed by atoms with Crippen LogP contribution in [0.5, 0.6) is 0 Å². The van der Waals surface area contributed by atoms with Crippen LogP contribution in [0.25, 0.3) is 28.2 Å². The number of carbonyl (C=O) groups is 2. The first-order valence-corrected chi connectivity index (χ1v) is 14.7. The molecule has 2 aromatic heterocycles. The van der Waals surface area contributed by atoms with Crippen LogP contribution < -0.4 is 0 Å². The fourth-order valence-corrected chi connectivity index (χ4v) is 6.81. The Morgan fingerprint density at radius 1 is 1.12 bits per heavy atom. The van der Waals surface area contributed by atoms with Crippen LogP contribution in [0, 0.1) is 12.3 Å². The van der Waals surface area contributed by atoms with E-state index in [1.807, 2.05) is 60.0 Å². The Morgan fingerprint density at radius 2 is 1.76 bits per heavy atom. The average molecular weight is 629 g/mol. The molecular formula is C32H32Cl3N3O4. The predicted molar refractivity (Wildman–Crippen MR) is 168 cm³/mol. The van der Waals surface area contributed by atoms with Gasteiger partial charge in [-0.1, -0.05) is 72.9 Å². The quantitative estimate of drug-likeness (QED) is 0.215. The lowest BCUT2D eigenvalue weighted by atomic mass is 9.72. The summed E-state index contributed by atoms with van der Waals surface area (Å²) in [5, 5.41) is 15.9. The number of aliphatic carboxylic acids is 1. The molecule has 0 spiro atoms. The summed E-state index contributed by atoms with van der Waals surface area (Å²) in [5.41, 5.74) is 2.19. The number of benzene rings is 2. The summed E-state index contributed by atoms with van der Waals surface area (Å²) in [6, 6.07) is 8.63. The third-order valence-electron chi connectivity index (χ3n) is 8.22. The van der Waals surface area contributed by atoms with E-state index in [4.69, 9.17) is 39.3 Å². The molecule has 7 nitrogen and oxygen atoms in total. The summed E-state index contributed by atoms with van der Waals surface area (Å²) in [6.45, 7) is 7.48. The number of fused-ring (bicyclic) bond motifs is 1. The van der Waals surface area contributed by atoms with Crippen LogP contribution in [0.2, 0.25) is 15.1 Å². The monoisotopic (exact) mass is 627 g/mol. The number of rotatable bonds is 6. The first-order chi connectivity index (χ1) is 19.7. The van der Waals surface area contributed by atoms with Gasteiger partial charge in [0.05, 0.1) is 21.1 Å². The van der Waals surface area contributed by atoms with E-state index in [0.717, 1.165) is 30.2 Å². The zero-order valence-corrected chi connectivity index (χ0v) is 26.6. The molecule has 0 saturated heterocycles. The van der Waals surface area contributed by atoms with Crippen LogP contribution in [0.3, 0.4) is 0 Å². The van der Waals surface area contributed by atoms with Gasteiger partial charge in [0.2, 0.25) is 0 Å². The largest absolute Gasteiger partial charge is 0.478 e. The molecule has 1 fully saturated rings. The number of carboxylic acid groups (broad SMARTS) is 1. The highest BCUT2D eigenvalue weighted by molar-refractivity contribution is 6.42. The lowest BCUT2D eigenvalue weighted by Crippen LogP contribution is -2.47. The van der Waals surface area contributed by atoms with Crippen molar-refractivity contribution < 1.29 is 19.2 Å². The summed E-state index contributed by atoms with van der Waals surface area (Å²) >= 11 is 19.4. The molecule has 0 radical (unpaired) electrons. The van der Waals surface area contributed by atoms with Gasteiger partial charge >= 0.3 is 5.97 Å². The third-order valence-corrected chi connectivity index (χ3v) is 9.03. The molecule has 0 unspecified atom stereocenters. The summed E-state index contributed by atoms with van der Waals surface area (Å²) in [7, 11) is 3.92. The minimum Gasteiger partial charge on any atom is -0.478 e. The van der Waals surface area contributed by atoms with E-state index in [2.05, 4.69) is 10.1 Å². The summed E-state index contributed by atoms with van der Waals surface area (Å²) < 4.78 is 7.58. The Morgan fingerprint density at radius 3 is 2.29 bits per heavy atom. The number of aromatic nitrogens is 2. The van der Waals surface area contributed by atoms with Gasteiger partial charge in [0.15, 0.2) is 5.76 Å². The molecule has 42 heavy (non-hydrogen) atoms. The molecule has 5 rings (SSSR count). The van der Waals surface area contributed by atoms with Gasteiger partial charge in [-0.15, -0.1) is 0 Å². The van der Waals surface area contributed by atoms with Crippen molar-refractivity contribution in [3.63, 3.8) is 0 Å². The Kier molecular flexibility index (Phi) is 7.86. The molecule has 4 aromatic rings. The van der Waals surface area contributed by atoms with Gasteiger partial charge < -0.3 is 9.63 Å². The first-order valence-electron chi connectivity index (χ1n) is 13.6. The van der Waals surface area contributed by atoms with Crippen molar-refractivity contribution in [3.8, 4) is 11.3 Å². The Bertz CT molecular complexity index is 1750. The highest BCUT2D eigenvalue weighted by atomic mass is 35.5. The van der Waals surface area contributed by atoms with Crippen molar-refractivity contribution >= 4 is 63.7 Å². The third kappa shape index (κ3) is 4.96. The maximum Gasteiger partial charge on any atom is 0.332 e. The summed E-state index contributed by atoms with van der Waals surface area (Å²) in [4.78, 5) is 28.9. The van der Waals surface area contributed by atoms with Gasteiger partial charge in [-0.25, -0.2) is 4.79 Å². The maximum atomic E-state index is 14.7. The fourth-order valence-electron chi connectivity index (χ4n) is 5.81. The van der Waals surface area contributed by atoms with Crippen LogP contribution in [0.4, 0.5) is 0 Å². The summed E-state index contributed by atoms with van der Waals surface area (Å²) in [6.07, 6.45) is 6.01. The van der Waals surface area contributed by atoms with E-state index in [9.17, 15) is 14.7 Å². The summed E-state index contributed by atoms with van der Waals surface area (Å²) in [5.74, 6) is -0.889. The van der Waals surface area contributed by atoms with Gasteiger partial charge in [0.1, 0.15) is 11.3 Å². The molecule has 10 heteroatoms. The Balaban J connectivity index is 1.77. The van der Waals surface area contributed by atoms with Crippen LogP contribution in [-0.2, 0) is 10.3 Å². The van der Waals surface area contributed by atoms with Crippen molar-refractivity contribution in [1.29, 1.82) is 0 Å². The number of hydrogen-bond acceptors (Lipinski definition) is 5. The van der Waals surface area contributed by atoms with Gasteiger partial charge in [-0.3, -0.25) is 14.3 Å². The second kappa shape index (κ2) is 10.9. The SMILES string of the molecule is Cc1cn(C(=O)c2c(-c3c(Cl)cc(Cl)cc3Cl)noc2C2(N(C)C)CCC2)c2cccc(/C=C(/C(=O)O)C(C)(C)C)c12. The molecule has 2 aromatic carbocycles. The second-order valence-electron chi connectivity index (χ2n) is 12.1. The fraction of sp³-hybridized carbons (Fsp3) is 0.344. The van der Waals surface area contributed by atoms with Crippen molar-refractivity contribution in [2.75, 3.05) is 14.1 Å². The molecule has 1 N–H and O–H groups in total. The predicted octanol–water partition coefficient (Wildman–Crippen LogP) is 8.71. The van der Waals surface area contributed by atoms with Crippen molar-refractivity contribution in [2.45, 2.75) is 52.5 Å². The van der Waals surface area contributed by atoms with Crippen LogP contribution >= 0.6 is 34.8 Å². The van der Waals surface area contributed by atoms with E-state index in [-0.39, 0.29) is 32.8 Å². The molecule has 0 aliphatic heterocycles. The second-order valence-corrected chi connectivity index (χ2v) is 13.4. The minimum atomic E-state index is -0.988. The number of aryl methyl sites for hydroxylation is 1. The Labute approximate surface area is 259 Å². The smallest absolute Gasteiger partial charge is 0.332 e. The molecule has 2 heterocycles. The van der Waals surface area contributed by atoms with Crippen LogP contribution in [-0.4, -0.2) is 45.7 Å². The van der Waals surface area contributed by atoms with Gasteiger partial charge in [-0.2, -0.15) is 0 Å². The maximum absolute atomic E-state index is 14.7. The van der Waals surface area contributed by atoms with E-state index < -0.39 is 16.9 Å². The van der Waals surface area contributed by atoms with Gasteiger partial charge in [0, 0.05) is 27.7 Å². The number of halogens is 3. The molecule has 1 aliphatic carbocycles. The standard InChI is InChI=1S/C32H32Cl3N3O4/c1-17-16-38(23-10-7-9-18(24(17)23)13-20(30(40)41)31(2,3)4)29(39)26-27(25-21(34)14-19(33)15-22(25)35)36-42-28(26)32(37(5)6)11-8-12-32/h7,9-10,13-16H,8,11-12H2,1-6H3,(H,40,41)/b20-13-. The number of nitrogens with zero attached hydrogens (tertiary/aromatic N) is 3. The van der Waals surface area contributed by atoms with Crippen molar-refractivity contribution in [1.82, 2.24) is 14.6 Å². The zero-order valence-electron chi connectivity index (χ0n) is 24.3. The number of hydrogen-bond donors (Lipinski definition) is 1. The lowest BCUT2D eigenvalue weighted by Gasteiger charge is -2.45. The van der Waals surface area contributed by atoms with Crippen LogP contribution in [0.1, 0.15) is 67.3 Å². The minimum absolute atomic E-state index is 0.242. The van der Waals surface area contributed by atoms with E-state index in [1.165, 1.54) is 0 Å². The topological polar surface area (TPSA) is 88.6 Å². The molecule has 0 atom stereocenters. The molecule has 1 aliphatic rings. The van der Waals surface area contributed by atoms with Gasteiger partial charge in [0.25, 0.3) is 5.91 Å². The average Bonchev–Trinajstić information content (AvgIpc) is 3.42. The van der Waals surface area contributed by atoms with Crippen LogP contribution in [0.15, 0.2) is 46.6 Å². The van der Waals surface area contributed by atoms with E-state index >= 15 is 0 Å². The highest BCUT2D eigenvalue weighted by Gasteiger charge is 2.48. The van der Waals surface area contributed by atoms with E-state index in [1.54, 1.807) is 29.0 Å². The highest BCUT2D eigenvalue weighted by Crippen LogP contribution is 2.50. The molecular weight excluding hydrogens is 597 g/mol. The van der Waals surface area contributed by atoms with E-state index in [0.29, 0.717) is 27.4 Å². The van der Waals surface area contributed by atoms with Crippen molar-refractivity contribution in [3.05, 3.63) is 79.6 Å². The van der Waals surface area contributed by atoms with Crippen molar-refractivity contribution in [2.24, 2.45) is 5.41 Å². The Hall–Kier alpha value is -3.10. The zero-order chi connectivity index (χ0) is 30.7. The normalized spacial score (nSPS) is 15.3. The molecule has 1 saturated carbocycles. The molecule has 0 bridgehead atoms. The van der Waals surface area contributed by atoms with Gasteiger partial charge in [-0.05, 0) is 81.1 Å². The number of carboxylic acids is 1. The first kappa shape index (κ1) is 30.4. The molecule has 0 amide bonds.